The van der Waals surface area contributed by atoms with Crippen LogP contribution in [0.1, 0.15) is 57.9 Å². The summed E-state index contributed by atoms with van der Waals surface area (Å²) in [5, 5.41) is 4.43. The molecule has 0 aliphatic heterocycles. The number of alkyl halides is 6. The summed E-state index contributed by atoms with van der Waals surface area (Å²) in [6.45, 7) is 4.92. The van der Waals surface area contributed by atoms with E-state index in [-0.39, 0.29) is 11.9 Å². The van der Waals surface area contributed by atoms with E-state index in [1.54, 1.807) is 29.2 Å². The summed E-state index contributed by atoms with van der Waals surface area (Å²) in [7, 11) is 0. The molecule has 0 aliphatic rings. The van der Waals surface area contributed by atoms with Gasteiger partial charge in [0, 0.05) is 18.1 Å². The molecule has 0 bridgehead atoms. The summed E-state index contributed by atoms with van der Waals surface area (Å²) < 4.78 is 83.0. The topological polar surface area (TPSA) is 75.5 Å². The molecule has 0 aliphatic carbocycles. The molecular formula is C23H29ClF6N6O. The van der Waals surface area contributed by atoms with Crippen molar-refractivity contribution in [2.45, 2.75) is 70.8 Å². The monoisotopic (exact) mass is 554 g/mol. The Balaban J connectivity index is 2.41. The zero-order valence-electron chi connectivity index (χ0n) is 20.4. The van der Waals surface area contributed by atoms with Crippen molar-refractivity contribution in [3.63, 3.8) is 0 Å². The summed E-state index contributed by atoms with van der Waals surface area (Å²) in [6, 6.07) is 5.43. The molecule has 0 spiro atoms. The maximum absolute atomic E-state index is 13.1. The van der Waals surface area contributed by atoms with Crippen molar-refractivity contribution >= 4 is 29.7 Å². The van der Waals surface area contributed by atoms with Gasteiger partial charge in [-0.05, 0) is 30.5 Å². The van der Waals surface area contributed by atoms with Gasteiger partial charge in [-0.2, -0.15) is 46.4 Å². The molecule has 7 nitrogen and oxygen atoms in total. The molecule has 0 saturated heterocycles. The van der Waals surface area contributed by atoms with E-state index in [0.717, 1.165) is 38.5 Å². The highest BCUT2D eigenvalue weighted by atomic mass is 35.5. The van der Waals surface area contributed by atoms with E-state index in [4.69, 9.17) is 11.6 Å². The minimum absolute atomic E-state index is 0.107. The van der Waals surface area contributed by atoms with E-state index in [0.29, 0.717) is 23.7 Å². The third kappa shape index (κ3) is 10.6. The second-order valence-corrected chi connectivity index (χ2v) is 8.58. The molecule has 0 radical (unpaired) electrons. The van der Waals surface area contributed by atoms with Gasteiger partial charge in [-0.15, -0.1) is 0 Å². The van der Waals surface area contributed by atoms with Gasteiger partial charge in [0.1, 0.15) is 0 Å². The van der Waals surface area contributed by atoms with Gasteiger partial charge >= 0.3 is 18.4 Å². The lowest BCUT2D eigenvalue weighted by atomic mass is 10.2. The first-order valence-corrected chi connectivity index (χ1v) is 12.2. The zero-order valence-corrected chi connectivity index (χ0v) is 21.2. The molecule has 0 amide bonds. The van der Waals surface area contributed by atoms with Crippen LogP contribution >= 0.6 is 11.6 Å². The van der Waals surface area contributed by atoms with Crippen molar-refractivity contribution in [3.05, 3.63) is 34.9 Å². The van der Waals surface area contributed by atoms with Crippen molar-refractivity contribution in [3.8, 4) is 6.01 Å². The van der Waals surface area contributed by atoms with Crippen LogP contribution in [0.3, 0.4) is 0 Å². The number of hydrogen-bond donors (Lipinski definition) is 1. The van der Waals surface area contributed by atoms with Gasteiger partial charge in [0.2, 0.25) is 5.95 Å². The van der Waals surface area contributed by atoms with Crippen LogP contribution in [0.2, 0.25) is 5.02 Å². The SMILES string of the molecule is CCCCCN(CCCCC)c1nc(N/N=C/c2ccc(Cl)cc2)nc(OC(C(F)(F)F)C(F)(F)F)n1. The molecule has 206 valence electrons. The van der Waals surface area contributed by atoms with E-state index in [1.807, 2.05) is 13.8 Å². The number of benzene rings is 1. The highest BCUT2D eigenvalue weighted by Crippen LogP contribution is 2.36. The predicted octanol–water partition coefficient (Wildman–Crippen LogP) is 7.03. The van der Waals surface area contributed by atoms with E-state index in [1.165, 1.54) is 6.21 Å². The Hall–Kier alpha value is -2.83. The number of anilines is 2. The third-order valence-electron chi connectivity index (χ3n) is 5.02. The molecule has 1 aromatic carbocycles. The quantitative estimate of drug-likeness (QED) is 0.117. The van der Waals surface area contributed by atoms with Gasteiger partial charge in [-0.3, -0.25) is 0 Å². The zero-order chi connectivity index (χ0) is 27.5. The van der Waals surface area contributed by atoms with Crippen molar-refractivity contribution in [2.75, 3.05) is 23.4 Å². The number of halogens is 7. The molecule has 0 atom stereocenters. The first kappa shape index (κ1) is 30.4. The normalized spacial score (nSPS) is 12.4. The van der Waals surface area contributed by atoms with Crippen molar-refractivity contribution in [2.24, 2.45) is 5.10 Å². The van der Waals surface area contributed by atoms with Gasteiger partial charge in [0.15, 0.2) is 0 Å². The first-order chi connectivity index (χ1) is 17.4. The third-order valence-corrected chi connectivity index (χ3v) is 5.27. The molecule has 2 rings (SSSR count). The van der Waals surface area contributed by atoms with E-state index < -0.39 is 24.5 Å². The van der Waals surface area contributed by atoms with Crippen LogP contribution in [0, 0.1) is 0 Å². The molecule has 1 aromatic heterocycles. The average molecular weight is 555 g/mol. The van der Waals surface area contributed by atoms with Crippen LogP contribution in [0.15, 0.2) is 29.4 Å². The fourth-order valence-electron chi connectivity index (χ4n) is 3.15. The highest BCUT2D eigenvalue weighted by Gasteiger charge is 2.59. The Morgan fingerprint density at radius 3 is 2.00 bits per heavy atom. The van der Waals surface area contributed by atoms with Gasteiger partial charge in [-0.1, -0.05) is 63.3 Å². The number of nitrogens with one attached hydrogen (secondary N) is 1. The molecular weight excluding hydrogens is 526 g/mol. The van der Waals surface area contributed by atoms with Gasteiger partial charge in [0.25, 0.3) is 12.1 Å². The summed E-state index contributed by atoms with van der Waals surface area (Å²) in [5.74, 6) is -0.478. The Labute approximate surface area is 216 Å². The van der Waals surface area contributed by atoms with Crippen LogP contribution < -0.4 is 15.1 Å². The Bertz CT molecular complexity index is 963. The lowest BCUT2D eigenvalue weighted by Gasteiger charge is -2.25. The second-order valence-electron chi connectivity index (χ2n) is 8.15. The van der Waals surface area contributed by atoms with Crippen molar-refractivity contribution in [1.82, 2.24) is 15.0 Å². The second kappa shape index (κ2) is 14.2. The number of unbranched alkanes of at least 4 members (excludes halogenated alkanes) is 4. The Morgan fingerprint density at radius 2 is 1.49 bits per heavy atom. The van der Waals surface area contributed by atoms with Crippen LogP contribution in [-0.4, -0.2) is 52.7 Å². The number of rotatable bonds is 14. The Kier molecular flexibility index (Phi) is 11.7. The number of hydrazone groups is 1. The molecule has 0 fully saturated rings. The molecule has 2 aromatic rings. The molecule has 1 heterocycles. The van der Waals surface area contributed by atoms with Crippen LogP contribution in [0.25, 0.3) is 0 Å². The first-order valence-electron chi connectivity index (χ1n) is 11.8. The highest BCUT2D eigenvalue weighted by molar-refractivity contribution is 6.30. The van der Waals surface area contributed by atoms with Gasteiger partial charge in [-0.25, -0.2) is 5.43 Å². The molecule has 14 heteroatoms. The fraction of sp³-hybridized carbons (Fsp3) is 0.565. The molecule has 1 N–H and O–H groups in total. The number of ether oxygens (including phenoxy) is 1. The fourth-order valence-corrected chi connectivity index (χ4v) is 3.27. The van der Waals surface area contributed by atoms with Gasteiger partial charge < -0.3 is 9.64 Å². The largest absolute Gasteiger partial charge is 0.440 e. The molecule has 37 heavy (non-hydrogen) atoms. The standard InChI is InChI=1S/C23H29ClF6N6O/c1-3-5-7-13-36(14-8-6-4-2)20-32-19(35-31-15-16-9-11-17(24)12-10-16)33-21(34-20)37-18(22(25,26)27)23(28,29)30/h9-12,15,18H,3-8,13-14H2,1-2H3,(H,32,33,34,35)/b31-15+. The maximum atomic E-state index is 13.1. The average Bonchev–Trinajstić information content (AvgIpc) is 2.81. The van der Waals surface area contributed by atoms with Crippen LogP contribution in [-0.2, 0) is 0 Å². The number of aromatic nitrogens is 3. The smallest absolute Gasteiger partial charge is 0.434 e. The maximum Gasteiger partial charge on any atom is 0.434 e. The summed E-state index contributed by atoms with van der Waals surface area (Å²) in [4.78, 5) is 13.3. The van der Waals surface area contributed by atoms with E-state index in [2.05, 4.69) is 30.2 Å². The summed E-state index contributed by atoms with van der Waals surface area (Å²) in [5.41, 5.74) is 3.06. The number of nitrogens with zero attached hydrogens (tertiary/aromatic N) is 5. The summed E-state index contributed by atoms with van der Waals surface area (Å²) in [6.07, 6.45) is -9.16. The van der Waals surface area contributed by atoms with Crippen molar-refractivity contribution in [1.29, 1.82) is 0 Å². The lowest BCUT2D eigenvalue weighted by Crippen LogP contribution is -2.47. The van der Waals surface area contributed by atoms with Gasteiger partial charge in [0.05, 0.1) is 6.21 Å². The van der Waals surface area contributed by atoms with E-state index in [9.17, 15) is 26.3 Å². The predicted molar refractivity (Wildman–Crippen MR) is 130 cm³/mol. The number of hydrogen-bond acceptors (Lipinski definition) is 7. The Morgan fingerprint density at radius 1 is 0.919 bits per heavy atom. The summed E-state index contributed by atoms with van der Waals surface area (Å²) >= 11 is 5.84. The van der Waals surface area contributed by atoms with Crippen LogP contribution in [0.4, 0.5) is 38.2 Å². The molecule has 0 saturated carbocycles. The lowest BCUT2D eigenvalue weighted by molar-refractivity contribution is -0.301. The van der Waals surface area contributed by atoms with Crippen molar-refractivity contribution < 1.29 is 31.1 Å². The minimum atomic E-state index is -5.73. The minimum Gasteiger partial charge on any atom is -0.440 e. The van der Waals surface area contributed by atoms with E-state index >= 15 is 0 Å². The molecule has 0 unspecified atom stereocenters. The van der Waals surface area contributed by atoms with Crippen LogP contribution in [0.5, 0.6) is 6.01 Å².